The van der Waals surface area contributed by atoms with Crippen molar-refractivity contribution < 1.29 is 4.74 Å². The molecule has 106 valence electrons. The van der Waals surface area contributed by atoms with E-state index in [1.54, 1.807) is 0 Å². The molecule has 2 rings (SSSR count). The van der Waals surface area contributed by atoms with Crippen LogP contribution in [0.1, 0.15) is 78.6 Å². The van der Waals surface area contributed by atoms with Crippen molar-refractivity contribution in [2.24, 2.45) is 0 Å². The zero-order valence-electron chi connectivity index (χ0n) is 12.6. The molecule has 1 N–H and O–H groups in total. The van der Waals surface area contributed by atoms with Gasteiger partial charge in [-0.25, -0.2) is 0 Å². The Morgan fingerprint density at radius 2 is 1.78 bits per heavy atom. The van der Waals surface area contributed by atoms with Crippen LogP contribution in [0.4, 0.5) is 0 Å². The van der Waals surface area contributed by atoms with Gasteiger partial charge >= 0.3 is 0 Å². The highest BCUT2D eigenvalue weighted by Gasteiger charge is 2.40. The van der Waals surface area contributed by atoms with Crippen LogP contribution in [0.15, 0.2) is 0 Å². The van der Waals surface area contributed by atoms with Crippen LogP contribution < -0.4 is 5.32 Å². The highest BCUT2D eigenvalue weighted by molar-refractivity contribution is 4.92. The molecule has 0 amide bonds. The van der Waals surface area contributed by atoms with E-state index in [0.29, 0.717) is 11.6 Å². The van der Waals surface area contributed by atoms with Crippen LogP contribution in [0, 0.1) is 0 Å². The molecule has 1 heterocycles. The Labute approximate surface area is 113 Å². The van der Waals surface area contributed by atoms with Crippen molar-refractivity contribution in [2.45, 2.75) is 95.8 Å². The maximum atomic E-state index is 6.41. The minimum atomic E-state index is 0.277. The van der Waals surface area contributed by atoms with Crippen LogP contribution in [0.25, 0.3) is 0 Å². The Hall–Kier alpha value is -0.0800. The molecule has 0 radical (unpaired) electrons. The van der Waals surface area contributed by atoms with E-state index in [1.807, 2.05) is 0 Å². The van der Waals surface area contributed by atoms with Gasteiger partial charge in [-0.15, -0.1) is 0 Å². The summed E-state index contributed by atoms with van der Waals surface area (Å²) >= 11 is 0. The molecular formula is C16H31NO. The predicted molar refractivity (Wildman–Crippen MR) is 76.9 cm³/mol. The number of hydrogen-bond donors (Lipinski definition) is 1. The summed E-state index contributed by atoms with van der Waals surface area (Å²) in [7, 11) is 0. The lowest BCUT2D eigenvalue weighted by Gasteiger charge is -2.34. The molecule has 18 heavy (non-hydrogen) atoms. The largest absolute Gasteiger partial charge is 0.370 e. The summed E-state index contributed by atoms with van der Waals surface area (Å²) in [6.07, 6.45) is 12.2. The fourth-order valence-corrected chi connectivity index (χ4v) is 3.46. The van der Waals surface area contributed by atoms with E-state index in [2.05, 4.69) is 26.1 Å². The van der Waals surface area contributed by atoms with E-state index in [4.69, 9.17) is 4.74 Å². The Kier molecular flexibility index (Phi) is 4.71. The molecule has 1 aliphatic carbocycles. The Morgan fingerprint density at radius 3 is 2.39 bits per heavy atom. The molecule has 0 aromatic carbocycles. The standard InChI is InChI=1S/C16H31NO/c1-4-15(3,5-2)17-13-14-9-12-16(18-14)10-7-6-8-11-16/h14,17H,4-13H2,1-3H3. The summed E-state index contributed by atoms with van der Waals surface area (Å²) in [6, 6.07) is 0. The van der Waals surface area contributed by atoms with Crippen LogP contribution in [0.5, 0.6) is 0 Å². The van der Waals surface area contributed by atoms with Gasteiger partial charge in [0.05, 0.1) is 11.7 Å². The summed E-state index contributed by atoms with van der Waals surface area (Å²) in [4.78, 5) is 0. The average molecular weight is 253 g/mol. The SMILES string of the molecule is CCC(C)(CC)NCC1CCC2(CCCCC2)O1. The van der Waals surface area contributed by atoms with Crippen molar-refractivity contribution in [3.8, 4) is 0 Å². The second kappa shape index (κ2) is 5.92. The molecule has 1 saturated carbocycles. The van der Waals surface area contributed by atoms with Gasteiger partial charge in [0.15, 0.2) is 0 Å². The number of rotatable bonds is 5. The van der Waals surface area contributed by atoms with E-state index >= 15 is 0 Å². The minimum absolute atomic E-state index is 0.277. The first-order valence-electron chi connectivity index (χ1n) is 8.04. The third-order valence-electron chi connectivity index (χ3n) is 5.42. The second-order valence-electron chi connectivity index (χ2n) is 6.67. The topological polar surface area (TPSA) is 21.3 Å². The van der Waals surface area contributed by atoms with Gasteiger partial charge in [-0.2, -0.15) is 0 Å². The Bertz CT molecular complexity index is 254. The van der Waals surface area contributed by atoms with E-state index in [0.717, 1.165) is 6.54 Å². The monoisotopic (exact) mass is 253 g/mol. The first-order valence-corrected chi connectivity index (χ1v) is 8.04. The normalized spacial score (nSPS) is 27.8. The number of ether oxygens (including phenoxy) is 1. The maximum absolute atomic E-state index is 6.41. The van der Waals surface area contributed by atoms with Gasteiger partial charge in [-0.1, -0.05) is 33.1 Å². The van der Waals surface area contributed by atoms with Crippen molar-refractivity contribution in [1.82, 2.24) is 5.32 Å². The molecule has 2 aliphatic rings. The van der Waals surface area contributed by atoms with E-state index in [-0.39, 0.29) is 5.60 Å². The molecule has 1 unspecified atom stereocenters. The van der Waals surface area contributed by atoms with Gasteiger partial charge in [-0.3, -0.25) is 0 Å². The summed E-state index contributed by atoms with van der Waals surface area (Å²) in [5.41, 5.74) is 0.575. The fourth-order valence-electron chi connectivity index (χ4n) is 3.46. The molecule has 1 aliphatic heterocycles. The lowest BCUT2D eigenvalue weighted by atomic mass is 9.83. The molecule has 0 aromatic heterocycles. The van der Waals surface area contributed by atoms with Gasteiger partial charge in [0, 0.05) is 12.1 Å². The lowest BCUT2D eigenvalue weighted by molar-refractivity contribution is -0.0641. The van der Waals surface area contributed by atoms with Crippen LogP contribution in [-0.2, 0) is 4.74 Å². The maximum Gasteiger partial charge on any atom is 0.0708 e. The number of nitrogens with one attached hydrogen (secondary N) is 1. The predicted octanol–water partition coefficient (Wildman–Crippen LogP) is 4.04. The van der Waals surface area contributed by atoms with Gasteiger partial charge in [0.1, 0.15) is 0 Å². The van der Waals surface area contributed by atoms with Gasteiger partial charge in [0.2, 0.25) is 0 Å². The third-order valence-corrected chi connectivity index (χ3v) is 5.42. The van der Waals surface area contributed by atoms with E-state index in [9.17, 15) is 0 Å². The quantitative estimate of drug-likeness (QED) is 0.798. The van der Waals surface area contributed by atoms with Crippen molar-refractivity contribution >= 4 is 0 Å². The summed E-state index contributed by atoms with van der Waals surface area (Å²) < 4.78 is 6.41. The highest BCUT2D eigenvalue weighted by atomic mass is 16.5. The van der Waals surface area contributed by atoms with Crippen molar-refractivity contribution in [3.63, 3.8) is 0 Å². The molecule has 2 fully saturated rings. The van der Waals surface area contributed by atoms with Crippen molar-refractivity contribution in [3.05, 3.63) is 0 Å². The number of hydrogen-bond acceptors (Lipinski definition) is 2. The molecule has 1 atom stereocenters. The van der Waals surface area contributed by atoms with Gasteiger partial charge in [0.25, 0.3) is 0 Å². The summed E-state index contributed by atoms with van der Waals surface area (Å²) in [5, 5.41) is 3.73. The first kappa shape index (κ1) is 14.3. The van der Waals surface area contributed by atoms with Crippen molar-refractivity contribution in [2.75, 3.05) is 6.54 Å². The summed E-state index contributed by atoms with van der Waals surface area (Å²) in [6.45, 7) is 7.92. The van der Waals surface area contributed by atoms with E-state index < -0.39 is 0 Å². The second-order valence-corrected chi connectivity index (χ2v) is 6.67. The van der Waals surface area contributed by atoms with Crippen LogP contribution in [0.3, 0.4) is 0 Å². The van der Waals surface area contributed by atoms with Crippen LogP contribution in [0.2, 0.25) is 0 Å². The molecule has 2 nitrogen and oxygen atoms in total. The molecule has 0 bridgehead atoms. The fraction of sp³-hybridized carbons (Fsp3) is 1.00. The average Bonchev–Trinajstić information content (AvgIpc) is 2.80. The highest BCUT2D eigenvalue weighted by Crippen LogP contribution is 2.41. The zero-order valence-corrected chi connectivity index (χ0v) is 12.6. The zero-order chi connectivity index (χ0) is 13.1. The van der Waals surface area contributed by atoms with Gasteiger partial charge in [-0.05, 0) is 45.4 Å². The minimum Gasteiger partial charge on any atom is -0.370 e. The summed E-state index contributed by atoms with van der Waals surface area (Å²) in [5.74, 6) is 0. The molecule has 1 saturated heterocycles. The van der Waals surface area contributed by atoms with Crippen LogP contribution in [-0.4, -0.2) is 23.8 Å². The Balaban J connectivity index is 1.79. The van der Waals surface area contributed by atoms with Crippen LogP contribution >= 0.6 is 0 Å². The molecule has 1 spiro atoms. The molecule has 0 aromatic rings. The third kappa shape index (κ3) is 3.27. The lowest BCUT2D eigenvalue weighted by Crippen LogP contribution is -2.45. The van der Waals surface area contributed by atoms with Crippen molar-refractivity contribution in [1.29, 1.82) is 0 Å². The Morgan fingerprint density at radius 1 is 1.11 bits per heavy atom. The smallest absolute Gasteiger partial charge is 0.0708 e. The van der Waals surface area contributed by atoms with E-state index in [1.165, 1.54) is 57.8 Å². The van der Waals surface area contributed by atoms with Gasteiger partial charge < -0.3 is 10.1 Å². The molecular weight excluding hydrogens is 222 g/mol. The molecule has 2 heteroatoms. The first-order chi connectivity index (χ1) is 8.61.